The molecule has 0 heterocycles. The molecule has 1 aromatic carbocycles. The summed E-state index contributed by atoms with van der Waals surface area (Å²) in [5, 5.41) is 10.7. The van der Waals surface area contributed by atoms with Crippen LogP contribution in [0.1, 0.15) is 57.6 Å². The number of rotatable bonds is 18. The van der Waals surface area contributed by atoms with Gasteiger partial charge in [-0.3, -0.25) is 4.90 Å². The summed E-state index contributed by atoms with van der Waals surface area (Å²) < 4.78 is 30.8. The van der Waals surface area contributed by atoms with E-state index in [1.54, 1.807) is 6.07 Å². The molecule has 174 valence electrons. The molecule has 0 saturated carbocycles. The number of ether oxygens (including phenoxy) is 3. The lowest BCUT2D eigenvalue weighted by atomic mass is 10.0. The van der Waals surface area contributed by atoms with Gasteiger partial charge in [-0.1, -0.05) is 44.9 Å². The van der Waals surface area contributed by atoms with Crippen molar-refractivity contribution in [3.8, 4) is 0 Å². The molecule has 0 amide bonds. The molecule has 6 heteroatoms. The number of hydrogen-bond acceptors (Lipinski definition) is 5. The zero-order valence-corrected chi connectivity index (χ0v) is 19.4. The van der Waals surface area contributed by atoms with Crippen LogP contribution in [0.25, 0.3) is 0 Å². The molecule has 0 saturated heterocycles. The Balaban J connectivity index is 2.31. The second-order valence-corrected chi connectivity index (χ2v) is 7.91. The lowest BCUT2D eigenvalue weighted by Crippen LogP contribution is -2.40. The van der Waals surface area contributed by atoms with Gasteiger partial charge < -0.3 is 19.3 Å². The third kappa shape index (κ3) is 11.4. The summed E-state index contributed by atoms with van der Waals surface area (Å²) in [5.74, 6) is -0.110. The molecule has 1 aromatic rings. The van der Waals surface area contributed by atoms with Crippen LogP contribution in [0.5, 0.6) is 0 Å². The van der Waals surface area contributed by atoms with E-state index in [2.05, 4.69) is 13.8 Å². The fourth-order valence-electron chi connectivity index (χ4n) is 3.08. The van der Waals surface area contributed by atoms with E-state index >= 15 is 0 Å². The van der Waals surface area contributed by atoms with Crippen molar-refractivity contribution in [1.29, 1.82) is 0 Å². The van der Waals surface area contributed by atoms with Crippen molar-refractivity contribution in [2.45, 2.75) is 66.2 Å². The molecule has 0 aromatic heterocycles. The zero-order chi connectivity index (χ0) is 22.2. The fraction of sp³-hybridized carbons (Fsp3) is 0.750. The van der Waals surface area contributed by atoms with Gasteiger partial charge in [0.05, 0.1) is 26.4 Å². The van der Waals surface area contributed by atoms with E-state index in [1.165, 1.54) is 6.07 Å². The molecule has 1 N–H and O–H groups in total. The van der Waals surface area contributed by atoms with Crippen LogP contribution in [0, 0.1) is 18.7 Å². The normalized spacial score (nSPS) is 13.7. The van der Waals surface area contributed by atoms with Gasteiger partial charge >= 0.3 is 0 Å². The van der Waals surface area contributed by atoms with E-state index in [-0.39, 0.29) is 11.7 Å². The van der Waals surface area contributed by atoms with Crippen molar-refractivity contribution in [1.82, 2.24) is 4.90 Å². The maximum absolute atomic E-state index is 14.2. The third-order valence-corrected chi connectivity index (χ3v) is 5.22. The van der Waals surface area contributed by atoms with Gasteiger partial charge in [0.1, 0.15) is 12.0 Å². The summed E-state index contributed by atoms with van der Waals surface area (Å²) in [4.78, 5) is 1.94. The Morgan fingerprint density at radius 3 is 2.17 bits per heavy atom. The Morgan fingerprint density at radius 2 is 1.57 bits per heavy atom. The first-order valence-electron chi connectivity index (χ1n) is 11.4. The molecule has 1 rings (SSSR count). The van der Waals surface area contributed by atoms with E-state index in [9.17, 15) is 9.50 Å². The first-order chi connectivity index (χ1) is 14.5. The van der Waals surface area contributed by atoms with E-state index in [1.807, 2.05) is 24.8 Å². The van der Waals surface area contributed by atoms with Crippen LogP contribution in [0.15, 0.2) is 18.2 Å². The van der Waals surface area contributed by atoms with Crippen molar-refractivity contribution in [3.05, 3.63) is 35.1 Å². The van der Waals surface area contributed by atoms with Gasteiger partial charge in [-0.2, -0.15) is 0 Å². The highest BCUT2D eigenvalue weighted by Crippen LogP contribution is 2.18. The van der Waals surface area contributed by atoms with Crippen LogP contribution in [-0.2, 0) is 20.8 Å². The Kier molecular flexibility index (Phi) is 14.9. The molecule has 0 fully saturated rings. The van der Waals surface area contributed by atoms with Crippen LogP contribution in [0.4, 0.5) is 4.39 Å². The van der Waals surface area contributed by atoms with E-state index < -0.39 is 6.23 Å². The van der Waals surface area contributed by atoms with Gasteiger partial charge in [0.15, 0.2) is 0 Å². The van der Waals surface area contributed by atoms with Crippen molar-refractivity contribution >= 4 is 0 Å². The number of aliphatic hydroxyl groups is 1. The SMILES string of the molecule is CCCCOCCOCCOCCCN(Cc1cc(C)ccc1F)[C@@H](O)[C@@H](C)CC. The van der Waals surface area contributed by atoms with Gasteiger partial charge in [0, 0.05) is 31.9 Å². The number of nitrogens with zero attached hydrogens (tertiary/aromatic N) is 1. The summed E-state index contributed by atoms with van der Waals surface area (Å²) in [6.45, 7) is 12.9. The summed E-state index contributed by atoms with van der Waals surface area (Å²) >= 11 is 0. The predicted molar refractivity (Wildman–Crippen MR) is 119 cm³/mol. The number of unbranched alkanes of at least 4 members (excludes halogenated alkanes) is 1. The number of aryl methyl sites for hydroxylation is 1. The van der Waals surface area contributed by atoms with Crippen LogP contribution in [0.2, 0.25) is 0 Å². The molecule has 0 spiro atoms. The quantitative estimate of drug-likeness (QED) is 0.275. The van der Waals surface area contributed by atoms with E-state index in [4.69, 9.17) is 14.2 Å². The maximum atomic E-state index is 14.2. The average molecular weight is 428 g/mol. The Labute approximate surface area is 182 Å². The van der Waals surface area contributed by atoms with Gasteiger partial charge in [-0.25, -0.2) is 4.39 Å². The molecule has 0 unspecified atom stereocenters. The first-order valence-corrected chi connectivity index (χ1v) is 11.4. The van der Waals surface area contributed by atoms with Crippen LogP contribution in [-0.4, -0.2) is 62.4 Å². The largest absolute Gasteiger partial charge is 0.379 e. The Morgan fingerprint density at radius 1 is 0.967 bits per heavy atom. The average Bonchev–Trinajstić information content (AvgIpc) is 2.74. The molecule has 5 nitrogen and oxygen atoms in total. The third-order valence-electron chi connectivity index (χ3n) is 5.22. The van der Waals surface area contributed by atoms with Crippen LogP contribution in [0.3, 0.4) is 0 Å². The van der Waals surface area contributed by atoms with E-state index in [0.717, 1.165) is 37.9 Å². The smallest absolute Gasteiger partial charge is 0.127 e. The van der Waals surface area contributed by atoms with Crippen molar-refractivity contribution in [2.75, 3.05) is 46.2 Å². The molecule has 2 atom stereocenters. The summed E-state index contributed by atoms with van der Waals surface area (Å²) in [6.07, 6.45) is 3.25. The van der Waals surface area contributed by atoms with Gasteiger partial charge in [0.25, 0.3) is 0 Å². The lowest BCUT2D eigenvalue weighted by molar-refractivity contribution is -0.0466. The maximum Gasteiger partial charge on any atom is 0.127 e. The van der Waals surface area contributed by atoms with Crippen molar-refractivity contribution in [3.63, 3.8) is 0 Å². The minimum Gasteiger partial charge on any atom is -0.379 e. The topological polar surface area (TPSA) is 51.2 Å². The number of hydrogen-bond donors (Lipinski definition) is 1. The van der Waals surface area contributed by atoms with Gasteiger partial charge in [-0.15, -0.1) is 0 Å². The first kappa shape index (κ1) is 27.0. The fourth-order valence-corrected chi connectivity index (χ4v) is 3.08. The standard InChI is InChI=1S/C24H42FNO4/c1-5-7-12-28-14-16-30-17-15-29-13-8-11-26(24(27)21(4)6-2)19-22-18-20(3)9-10-23(22)25/h9-10,18,21,24,27H,5-8,11-17,19H2,1-4H3/t21-,24-/m0/s1. The van der Waals surface area contributed by atoms with E-state index in [0.29, 0.717) is 51.7 Å². The van der Waals surface area contributed by atoms with Gasteiger partial charge in [0.2, 0.25) is 0 Å². The molecule has 30 heavy (non-hydrogen) atoms. The molecular formula is C24H42FNO4. The second-order valence-electron chi connectivity index (χ2n) is 7.91. The molecule has 0 radical (unpaired) electrons. The lowest BCUT2D eigenvalue weighted by Gasteiger charge is -2.31. The molecule has 0 aliphatic heterocycles. The molecule has 0 bridgehead atoms. The highest BCUT2D eigenvalue weighted by molar-refractivity contribution is 5.24. The summed E-state index contributed by atoms with van der Waals surface area (Å²) in [5.41, 5.74) is 1.64. The number of aliphatic hydroxyl groups excluding tert-OH is 1. The molecular weight excluding hydrogens is 385 g/mol. The summed E-state index contributed by atoms with van der Waals surface area (Å²) in [6, 6.07) is 5.11. The highest BCUT2D eigenvalue weighted by Gasteiger charge is 2.22. The van der Waals surface area contributed by atoms with Crippen LogP contribution >= 0.6 is 0 Å². The summed E-state index contributed by atoms with van der Waals surface area (Å²) in [7, 11) is 0. The number of halogens is 1. The highest BCUT2D eigenvalue weighted by atomic mass is 19.1. The van der Waals surface area contributed by atoms with Crippen molar-refractivity contribution in [2.24, 2.45) is 5.92 Å². The molecule has 0 aliphatic carbocycles. The second kappa shape index (κ2) is 16.6. The minimum absolute atomic E-state index is 0.117. The van der Waals surface area contributed by atoms with Gasteiger partial charge in [-0.05, 0) is 38.2 Å². The Hall–Kier alpha value is -1.05. The Bertz CT molecular complexity index is 558. The van der Waals surface area contributed by atoms with Crippen LogP contribution < -0.4 is 0 Å². The number of benzene rings is 1. The van der Waals surface area contributed by atoms with Crippen molar-refractivity contribution < 1.29 is 23.7 Å². The predicted octanol–water partition coefficient (Wildman–Crippen LogP) is 4.54. The molecule has 0 aliphatic rings. The monoisotopic (exact) mass is 427 g/mol. The zero-order valence-electron chi connectivity index (χ0n) is 19.4. The minimum atomic E-state index is -0.606.